The lowest BCUT2D eigenvalue weighted by Crippen LogP contribution is -2.56. The highest BCUT2D eigenvalue weighted by Crippen LogP contribution is 2.40. The number of urea groups is 1. The second kappa shape index (κ2) is 12.0. The first-order valence-electron chi connectivity index (χ1n) is 13.8. The van der Waals surface area contributed by atoms with E-state index >= 15 is 0 Å². The molecular weight excluding hydrogens is 454 g/mol. The van der Waals surface area contributed by atoms with Gasteiger partial charge in [-0.25, -0.2) is 4.79 Å². The van der Waals surface area contributed by atoms with E-state index in [1.807, 2.05) is 6.07 Å². The number of hydrogen-bond acceptors (Lipinski definition) is 2. The summed E-state index contributed by atoms with van der Waals surface area (Å²) >= 11 is 0. The number of carbonyl (C=O) groups is 1. The summed E-state index contributed by atoms with van der Waals surface area (Å²) in [5, 5.41) is 6.96. The quantitative estimate of drug-likeness (QED) is 0.335. The Kier molecular flexibility index (Phi) is 8.71. The molecule has 196 valence electrons. The van der Waals surface area contributed by atoms with Crippen LogP contribution in [0.3, 0.4) is 0 Å². The van der Waals surface area contributed by atoms with E-state index in [1.165, 1.54) is 16.7 Å². The molecule has 2 N–H and O–H groups in total. The van der Waals surface area contributed by atoms with Crippen molar-refractivity contribution in [3.05, 3.63) is 101 Å². The second-order valence-electron chi connectivity index (χ2n) is 11.1. The van der Waals surface area contributed by atoms with Gasteiger partial charge < -0.3 is 15.5 Å². The molecule has 4 nitrogen and oxygen atoms in total. The fraction of sp³-hybridized carbons (Fsp3) is 0.424. The van der Waals surface area contributed by atoms with Gasteiger partial charge in [-0.15, -0.1) is 0 Å². The van der Waals surface area contributed by atoms with Crippen molar-refractivity contribution in [1.82, 2.24) is 10.2 Å². The first-order valence-corrected chi connectivity index (χ1v) is 13.8. The number of anilines is 1. The smallest absolute Gasteiger partial charge is 0.317 e. The van der Waals surface area contributed by atoms with E-state index in [4.69, 9.17) is 0 Å². The van der Waals surface area contributed by atoms with Crippen LogP contribution in [0.1, 0.15) is 81.5 Å². The SMILES string of the molecule is CC(C)c1cccc(C(C)C)c1NC(=O)N(Cc1ccccc1)C(C)C1(c2ccccc2)CCNCC1. The van der Waals surface area contributed by atoms with Gasteiger partial charge in [0.15, 0.2) is 0 Å². The van der Waals surface area contributed by atoms with Gasteiger partial charge in [0.1, 0.15) is 0 Å². The summed E-state index contributed by atoms with van der Waals surface area (Å²) in [5.41, 5.74) is 5.69. The number of nitrogens with one attached hydrogen (secondary N) is 2. The number of carbonyl (C=O) groups excluding carboxylic acids is 1. The molecule has 0 bridgehead atoms. The molecule has 1 aliphatic rings. The fourth-order valence-electron chi connectivity index (χ4n) is 5.93. The molecule has 1 saturated heterocycles. The lowest BCUT2D eigenvalue weighted by molar-refractivity contribution is 0.122. The van der Waals surface area contributed by atoms with Crippen molar-refractivity contribution in [2.75, 3.05) is 18.4 Å². The van der Waals surface area contributed by atoms with Gasteiger partial charge in [-0.2, -0.15) is 0 Å². The fourth-order valence-corrected chi connectivity index (χ4v) is 5.93. The Morgan fingerprint density at radius 2 is 1.35 bits per heavy atom. The highest BCUT2D eigenvalue weighted by atomic mass is 16.2. The van der Waals surface area contributed by atoms with Gasteiger partial charge in [-0.1, -0.05) is 107 Å². The molecule has 4 heteroatoms. The second-order valence-corrected chi connectivity index (χ2v) is 11.1. The van der Waals surface area contributed by atoms with Gasteiger partial charge >= 0.3 is 6.03 Å². The maximum atomic E-state index is 14.3. The molecule has 0 spiro atoms. The Bertz CT molecular complexity index is 1120. The largest absolute Gasteiger partial charge is 0.322 e. The first kappa shape index (κ1) is 26.9. The van der Waals surface area contributed by atoms with E-state index in [0.717, 1.165) is 37.2 Å². The molecule has 0 aliphatic carbocycles. The molecule has 0 saturated carbocycles. The van der Waals surface area contributed by atoms with Gasteiger partial charge in [0.05, 0.1) is 0 Å². The van der Waals surface area contributed by atoms with Crippen LogP contribution >= 0.6 is 0 Å². The van der Waals surface area contributed by atoms with E-state index in [9.17, 15) is 4.79 Å². The zero-order valence-corrected chi connectivity index (χ0v) is 23.1. The van der Waals surface area contributed by atoms with Crippen LogP contribution in [0.5, 0.6) is 0 Å². The predicted molar refractivity (Wildman–Crippen MR) is 155 cm³/mol. The third-order valence-corrected chi connectivity index (χ3v) is 8.17. The van der Waals surface area contributed by atoms with Crippen molar-refractivity contribution >= 4 is 11.7 Å². The summed E-state index contributed by atoms with van der Waals surface area (Å²) < 4.78 is 0. The summed E-state index contributed by atoms with van der Waals surface area (Å²) in [6.45, 7) is 13.5. The van der Waals surface area contributed by atoms with Crippen LogP contribution in [0, 0.1) is 0 Å². The van der Waals surface area contributed by atoms with Crippen molar-refractivity contribution in [2.45, 2.75) is 77.3 Å². The minimum absolute atomic E-state index is 0.00548. The lowest BCUT2D eigenvalue weighted by atomic mass is 9.68. The predicted octanol–water partition coefficient (Wildman–Crippen LogP) is 7.68. The van der Waals surface area contributed by atoms with Crippen LogP contribution in [-0.4, -0.2) is 30.1 Å². The monoisotopic (exact) mass is 497 g/mol. The van der Waals surface area contributed by atoms with Crippen LogP contribution in [0.4, 0.5) is 10.5 Å². The molecule has 3 aromatic carbocycles. The molecule has 2 amide bonds. The third kappa shape index (κ3) is 5.91. The van der Waals surface area contributed by atoms with Gasteiger partial charge in [-0.3, -0.25) is 0 Å². The maximum Gasteiger partial charge on any atom is 0.322 e. The standard InChI is InChI=1S/C33H43N3O/c1-24(2)29-17-12-18-30(25(3)4)31(29)35-32(37)36(23-27-13-8-6-9-14-27)26(5)33(19-21-34-22-20-33)28-15-10-7-11-16-28/h6-18,24-26,34H,19-23H2,1-5H3,(H,35,37). The van der Waals surface area contributed by atoms with Crippen molar-refractivity contribution in [2.24, 2.45) is 0 Å². The lowest BCUT2D eigenvalue weighted by Gasteiger charge is -2.47. The van der Waals surface area contributed by atoms with Crippen LogP contribution in [0.25, 0.3) is 0 Å². The number of benzene rings is 3. The summed E-state index contributed by atoms with van der Waals surface area (Å²) in [6.07, 6.45) is 1.99. The molecule has 1 unspecified atom stereocenters. The minimum atomic E-state index is -0.114. The van der Waals surface area contributed by atoms with E-state index in [2.05, 4.69) is 123 Å². The van der Waals surface area contributed by atoms with E-state index in [1.54, 1.807) is 0 Å². The Labute approximate surface area is 223 Å². The Morgan fingerprint density at radius 1 is 0.811 bits per heavy atom. The van der Waals surface area contributed by atoms with Crippen molar-refractivity contribution in [1.29, 1.82) is 0 Å². The van der Waals surface area contributed by atoms with Gasteiger partial charge in [0.25, 0.3) is 0 Å². The topological polar surface area (TPSA) is 44.4 Å². The molecule has 0 radical (unpaired) electrons. The molecule has 3 aromatic rings. The summed E-state index contributed by atoms with van der Waals surface area (Å²) in [7, 11) is 0. The highest BCUT2D eigenvalue weighted by molar-refractivity contribution is 5.92. The van der Waals surface area contributed by atoms with Crippen LogP contribution < -0.4 is 10.6 Å². The van der Waals surface area contributed by atoms with Gasteiger partial charge in [0, 0.05) is 23.7 Å². The van der Waals surface area contributed by atoms with Crippen LogP contribution in [-0.2, 0) is 12.0 Å². The Balaban J connectivity index is 1.76. The van der Waals surface area contributed by atoms with Gasteiger partial charge in [-0.05, 0) is 66.9 Å². The number of rotatable bonds is 8. The molecule has 4 rings (SSSR count). The molecule has 1 fully saturated rings. The summed E-state index contributed by atoms with van der Waals surface area (Å²) in [5.74, 6) is 0.628. The van der Waals surface area contributed by atoms with Crippen LogP contribution in [0.2, 0.25) is 0 Å². The molecule has 1 aliphatic heterocycles. The zero-order valence-electron chi connectivity index (χ0n) is 23.1. The number of nitrogens with zero attached hydrogens (tertiary/aromatic N) is 1. The first-order chi connectivity index (χ1) is 17.8. The summed E-state index contributed by atoms with van der Waals surface area (Å²) in [6, 6.07) is 27.6. The Hall–Kier alpha value is -3.11. The number of para-hydroxylation sites is 1. The zero-order chi connectivity index (χ0) is 26.4. The molecule has 1 heterocycles. The van der Waals surface area contributed by atoms with Gasteiger partial charge in [0.2, 0.25) is 0 Å². The molecule has 1 atom stereocenters. The van der Waals surface area contributed by atoms with E-state index in [-0.39, 0.29) is 17.5 Å². The average molecular weight is 498 g/mol. The average Bonchev–Trinajstić information content (AvgIpc) is 2.92. The molecule has 0 aromatic heterocycles. The van der Waals surface area contributed by atoms with E-state index < -0.39 is 0 Å². The molecule has 37 heavy (non-hydrogen) atoms. The molecular formula is C33H43N3O. The van der Waals surface area contributed by atoms with Crippen molar-refractivity contribution in [3.63, 3.8) is 0 Å². The highest BCUT2D eigenvalue weighted by Gasteiger charge is 2.43. The summed E-state index contributed by atoms with van der Waals surface area (Å²) in [4.78, 5) is 16.4. The minimum Gasteiger partial charge on any atom is -0.317 e. The Morgan fingerprint density at radius 3 is 1.89 bits per heavy atom. The normalized spacial score (nSPS) is 16.0. The van der Waals surface area contributed by atoms with Crippen molar-refractivity contribution in [3.8, 4) is 0 Å². The number of piperidine rings is 1. The van der Waals surface area contributed by atoms with Crippen LogP contribution in [0.15, 0.2) is 78.9 Å². The number of amides is 2. The third-order valence-electron chi connectivity index (χ3n) is 8.17. The van der Waals surface area contributed by atoms with Crippen molar-refractivity contribution < 1.29 is 4.79 Å². The maximum absolute atomic E-state index is 14.3. The number of hydrogen-bond donors (Lipinski definition) is 2. The van der Waals surface area contributed by atoms with E-state index in [0.29, 0.717) is 18.4 Å².